The average Bonchev–Trinajstić information content (AvgIpc) is 3.54. The van der Waals surface area contributed by atoms with E-state index in [2.05, 4.69) is 39.6 Å². The zero-order valence-electron chi connectivity index (χ0n) is 19.7. The molecule has 1 aromatic carbocycles. The Labute approximate surface area is 198 Å². The topological polar surface area (TPSA) is 85.4 Å². The third kappa shape index (κ3) is 4.28. The van der Waals surface area contributed by atoms with Gasteiger partial charge in [-0.2, -0.15) is 5.10 Å². The normalized spacial score (nSPS) is 15.1. The second-order valence-corrected chi connectivity index (χ2v) is 8.84. The Kier molecular flexibility index (Phi) is 6.06. The van der Waals surface area contributed by atoms with Crippen LogP contribution in [0.4, 0.5) is 5.69 Å². The molecule has 0 saturated carbocycles. The van der Waals surface area contributed by atoms with Crippen molar-refractivity contribution < 1.29 is 13.9 Å². The van der Waals surface area contributed by atoms with Gasteiger partial charge in [0, 0.05) is 24.8 Å². The lowest BCUT2D eigenvalue weighted by molar-refractivity contribution is 0.0941. The summed E-state index contributed by atoms with van der Waals surface area (Å²) < 4.78 is 12.8. The highest BCUT2D eigenvalue weighted by Crippen LogP contribution is 2.27. The van der Waals surface area contributed by atoms with Crippen LogP contribution in [0.3, 0.4) is 0 Å². The maximum Gasteiger partial charge on any atom is 0.252 e. The number of hydrogen-bond donors (Lipinski definition) is 1. The lowest BCUT2D eigenvalue weighted by Crippen LogP contribution is -2.36. The van der Waals surface area contributed by atoms with Crippen LogP contribution >= 0.6 is 0 Å². The van der Waals surface area contributed by atoms with Crippen molar-refractivity contribution in [1.29, 1.82) is 0 Å². The van der Waals surface area contributed by atoms with Crippen molar-refractivity contribution in [3.8, 4) is 11.5 Å². The molecule has 5 rings (SSSR count). The van der Waals surface area contributed by atoms with Crippen molar-refractivity contribution in [2.45, 2.75) is 32.9 Å². The highest BCUT2D eigenvalue weighted by Gasteiger charge is 2.21. The number of carbonyl (C=O) groups excluding carboxylic acids is 1. The van der Waals surface area contributed by atoms with Crippen LogP contribution in [0.25, 0.3) is 22.5 Å². The van der Waals surface area contributed by atoms with Crippen LogP contribution in [0.1, 0.15) is 48.8 Å². The average molecular weight is 460 g/mol. The summed E-state index contributed by atoms with van der Waals surface area (Å²) in [6.45, 7) is 9.36. The minimum atomic E-state index is -0.173. The van der Waals surface area contributed by atoms with Crippen molar-refractivity contribution in [3.63, 3.8) is 0 Å². The van der Waals surface area contributed by atoms with Gasteiger partial charge in [0.25, 0.3) is 5.91 Å². The lowest BCUT2D eigenvalue weighted by atomic mass is 10.1. The van der Waals surface area contributed by atoms with E-state index in [0.717, 1.165) is 37.3 Å². The maximum atomic E-state index is 13.4. The van der Waals surface area contributed by atoms with Gasteiger partial charge in [0.15, 0.2) is 11.4 Å². The van der Waals surface area contributed by atoms with E-state index in [-0.39, 0.29) is 18.0 Å². The lowest BCUT2D eigenvalue weighted by Gasteiger charge is -2.29. The Morgan fingerprint density at radius 3 is 2.53 bits per heavy atom. The number of amides is 1. The smallest absolute Gasteiger partial charge is 0.252 e. The fourth-order valence-corrected chi connectivity index (χ4v) is 4.29. The fraction of sp³-hybridized carbons (Fsp3) is 0.346. The molecular formula is C26H29N5O3. The van der Waals surface area contributed by atoms with Gasteiger partial charge in [-0.05, 0) is 56.7 Å². The number of ether oxygens (including phenoxy) is 1. The van der Waals surface area contributed by atoms with Crippen LogP contribution in [0, 0.1) is 0 Å². The number of pyridine rings is 1. The monoisotopic (exact) mass is 459 g/mol. The van der Waals surface area contributed by atoms with E-state index >= 15 is 0 Å². The molecule has 1 aliphatic heterocycles. The molecule has 8 nitrogen and oxygen atoms in total. The summed E-state index contributed by atoms with van der Waals surface area (Å²) in [5.74, 6) is 0.437. The molecule has 3 aromatic heterocycles. The van der Waals surface area contributed by atoms with Gasteiger partial charge in [0.2, 0.25) is 0 Å². The standard InChI is InChI=1S/C26H29N5O3/c1-17(2)31-25-22(16-27-31)21(15-23(29-25)24-5-4-12-34-24)26(32)28-18(3)19-6-8-20(9-7-19)30-10-13-33-14-11-30/h4-9,12,15-18H,10-11,13-14H2,1-3H3,(H,28,32). The number of carbonyl (C=O) groups is 1. The first kappa shape index (κ1) is 22.2. The molecule has 1 amide bonds. The Bertz CT molecular complexity index is 1270. The van der Waals surface area contributed by atoms with Crippen molar-refractivity contribution in [1.82, 2.24) is 20.1 Å². The first-order chi connectivity index (χ1) is 16.5. The predicted molar refractivity (Wildman–Crippen MR) is 131 cm³/mol. The number of hydrogen-bond acceptors (Lipinski definition) is 6. The summed E-state index contributed by atoms with van der Waals surface area (Å²) in [6.07, 6.45) is 3.31. The summed E-state index contributed by atoms with van der Waals surface area (Å²) in [5, 5.41) is 8.35. The Hall–Kier alpha value is -3.65. The number of aromatic nitrogens is 3. The molecule has 34 heavy (non-hydrogen) atoms. The molecule has 4 heterocycles. The van der Waals surface area contributed by atoms with Crippen LogP contribution in [-0.2, 0) is 4.74 Å². The third-order valence-electron chi connectivity index (χ3n) is 6.19. The van der Waals surface area contributed by atoms with Crippen molar-refractivity contribution >= 4 is 22.6 Å². The van der Waals surface area contributed by atoms with Crippen molar-refractivity contribution in [3.05, 3.63) is 66.1 Å². The molecule has 1 saturated heterocycles. The Morgan fingerprint density at radius 1 is 1.09 bits per heavy atom. The molecule has 1 fully saturated rings. The van der Waals surface area contributed by atoms with Gasteiger partial charge >= 0.3 is 0 Å². The molecule has 1 unspecified atom stereocenters. The van der Waals surface area contributed by atoms with Crippen molar-refractivity contribution in [2.75, 3.05) is 31.2 Å². The number of fused-ring (bicyclic) bond motifs is 1. The number of morpholine rings is 1. The van der Waals surface area contributed by atoms with Gasteiger partial charge in [0.1, 0.15) is 5.69 Å². The van der Waals surface area contributed by atoms with E-state index in [0.29, 0.717) is 22.7 Å². The summed E-state index contributed by atoms with van der Waals surface area (Å²) in [4.78, 5) is 20.5. The summed E-state index contributed by atoms with van der Waals surface area (Å²) in [7, 11) is 0. The SMILES string of the molecule is CC(NC(=O)c1cc(-c2ccco2)nc2c1cnn2C(C)C)c1ccc(N2CCOCC2)cc1. The van der Waals surface area contributed by atoms with Crippen LogP contribution < -0.4 is 10.2 Å². The predicted octanol–water partition coefficient (Wildman–Crippen LogP) is 4.60. The molecular weight excluding hydrogens is 430 g/mol. The molecule has 1 atom stereocenters. The molecule has 0 aliphatic carbocycles. The van der Waals surface area contributed by atoms with E-state index in [4.69, 9.17) is 14.1 Å². The van der Waals surface area contributed by atoms with Gasteiger partial charge in [-0.25, -0.2) is 9.67 Å². The largest absolute Gasteiger partial charge is 0.463 e. The van der Waals surface area contributed by atoms with Crippen molar-refractivity contribution in [2.24, 2.45) is 0 Å². The number of furan rings is 1. The van der Waals surface area contributed by atoms with Gasteiger partial charge in [-0.3, -0.25) is 4.79 Å². The summed E-state index contributed by atoms with van der Waals surface area (Å²) >= 11 is 0. The minimum absolute atomic E-state index is 0.108. The molecule has 0 bridgehead atoms. The Balaban J connectivity index is 1.41. The van der Waals surface area contributed by atoms with E-state index in [1.54, 1.807) is 18.5 Å². The van der Waals surface area contributed by atoms with Gasteiger partial charge < -0.3 is 19.4 Å². The van der Waals surface area contributed by atoms with Gasteiger partial charge in [-0.1, -0.05) is 12.1 Å². The molecule has 0 radical (unpaired) electrons. The number of anilines is 1. The summed E-state index contributed by atoms with van der Waals surface area (Å²) in [5.41, 5.74) is 4.01. The van der Waals surface area contributed by atoms with E-state index < -0.39 is 0 Å². The quantitative estimate of drug-likeness (QED) is 0.454. The third-order valence-corrected chi connectivity index (χ3v) is 6.19. The molecule has 176 valence electrons. The van der Waals surface area contributed by atoms with Crippen LogP contribution in [0.2, 0.25) is 0 Å². The Morgan fingerprint density at radius 2 is 1.85 bits per heavy atom. The molecule has 4 aromatic rings. The molecule has 8 heteroatoms. The number of nitrogens with one attached hydrogen (secondary N) is 1. The highest BCUT2D eigenvalue weighted by molar-refractivity contribution is 6.06. The van der Waals surface area contributed by atoms with E-state index in [1.165, 1.54) is 5.69 Å². The zero-order valence-corrected chi connectivity index (χ0v) is 19.7. The second kappa shape index (κ2) is 9.30. The summed E-state index contributed by atoms with van der Waals surface area (Å²) in [6, 6.07) is 13.7. The minimum Gasteiger partial charge on any atom is -0.463 e. The van der Waals surface area contributed by atoms with Crippen LogP contribution in [0.5, 0.6) is 0 Å². The number of rotatable bonds is 6. The number of nitrogens with zero attached hydrogens (tertiary/aromatic N) is 4. The number of benzene rings is 1. The molecule has 0 spiro atoms. The fourth-order valence-electron chi connectivity index (χ4n) is 4.29. The zero-order chi connectivity index (χ0) is 23.7. The van der Waals surface area contributed by atoms with Crippen LogP contribution in [0.15, 0.2) is 59.3 Å². The molecule has 1 aliphatic rings. The molecule has 1 N–H and O–H groups in total. The van der Waals surface area contributed by atoms with Crippen LogP contribution in [-0.4, -0.2) is 47.0 Å². The van der Waals surface area contributed by atoms with E-state index in [1.807, 2.05) is 37.6 Å². The first-order valence-corrected chi connectivity index (χ1v) is 11.7. The first-order valence-electron chi connectivity index (χ1n) is 11.7. The van der Waals surface area contributed by atoms with E-state index in [9.17, 15) is 4.79 Å². The second-order valence-electron chi connectivity index (χ2n) is 8.84. The van der Waals surface area contributed by atoms with Gasteiger partial charge in [0.05, 0.1) is 42.7 Å². The maximum absolute atomic E-state index is 13.4. The van der Waals surface area contributed by atoms with Gasteiger partial charge in [-0.15, -0.1) is 0 Å². The highest BCUT2D eigenvalue weighted by atomic mass is 16.5.